The molecule has 0 aliphatic carbocycles. The Labute approximate surface area is 112 Å². The molecular weight excluding hydrogens is 236 g/mol. The molecule has 0 radical (unpaired) electrons. The molecule has 96 valence electrons. The number of carbonyl (C=O) groups excluding carboxylic acids is 1. The predicted molar refractivity (Wildman–Crippen MR) is 77.3 cm³/mol. The number of nitrogens with two attached hydrogens (primary N) is 1. The first kappa shape index (κ1) is 11.8. The van der Waals surface area contributed by atoms with Crippen molar-refractivity contribution in [2.24, 2.45) is 0 Å². The van der Waals surface area contributed by atoms with E-state index in [-0.39, 0.29) is 5.91 Å². The molecule has 0 saturated carbocycles. The zero-order valence-corrected chi connectivity index (χ0v) is 11.1. The fourth-order valence-corrected chi connectivity index (χ4v) is 2.66. The van der Waals surface area contributed by atoms with Crippen molar-refractivity contribution < 1.29 is 4.79 Å². The third-order valence-electron chi connectivity index (χ3n) is 3.65. The number of benzene rings is 2. The lowest BCUT2D eigenvalue weighted by Crippen LogP contribution is -2.23. The van der Waals surface area contributed by atoms with Crippen LogP contribution in [0.1, 0.15) is 27.0 Å². The van der Waals surface area contributed by atoms with E-state index in [0.29, 0.717) is 12.2 Å². The molecule has 1 aliphatic heterocycles. The van der Waals surface area contributed by atoms with Crippen LogP contribution in [0.4, 0.5) is 11.4 Å². The number of hydrogen-bond donors (Lipinski definition) is 1. The molecule has 19 heavy (non-hydrogen) atoms. The standard InChI is InChI=1S/C16H16N2O/c1-10-6-7-15(11(2)8-10)18-9-13-12(16(18)19)4-3-5-14(13)17/h3-8H,9,17H2,1-2H3. The minimum atomic E-state index is 0.0363. The molecular formula is C16H16N2O. The van der Waals surface area contributed by atoms with Crippen LogP contribution in [0.3, 0.4) is 0 Å². The third kappa shape index (κ3) is 1.78. The summed E-state index contributed by atoms with van der Waals surface area (Å²) in [5.41, 5.74) is 11.6. The Morgan fingerprint density at radius 3 is 2.63 bits per heavy atom. The van der Waals surface area contributed by atoms with Crippen LogP contribution in [0.5, 0.6) is 0 Å². The molecule has 0 aromatic heterocycles. The summed E-state index contributed by atoms with van der Waals surface area (Å²) in [6.07, 6.45) is 0. The van der Waals surface area contributed by atoms with Crippen molar-refractivity contribution in [3.8, 4) is 0 Å². The number of nitrogen functional groups attached to an aromatic ring is 1. The number of fused-ring (bicyclic) bond motifs is 1. The summed E-state index contributed by atoms with van der Waals surface area (Å²) in [4.78, 5) is 14.3. The molecule has 0 bridgehead atoms. The Balaban J connectivity index is 2.06. The van der Waals surface area contributed by atoms with E-state index in [9.17, 15) is 4.79 Å². The van der Waals surface area contributed by atoms with Crippen LogP contribution in [0, 0.1) is 13.8 Å². The quantitative estimate of drug-likeness (QED) is 0.793. The normalized spacial score (nSPS) is 13.8. The Morgan fingerprint density at radius 2 is 1.95 bits per heavy atom. The Hall–Kier alpha value is -2.29. The third-order valence-corrected chi connectivity index (χ3v) is 3.65. The van der Waals surface area contributed by atoms with Gasteiger partial charge in [-0.15, -0.1) is 0 Å². The summed E-state index contributed by atoms with van der Waals surface area (Å²) in [5.74, 6) is 0.0363. The largest absolute Gasteiger partial charge is 0.398 e. The second kappa shape index (κ2) is 4.12. The number of anilines is 2. The minimum absolute atomic E-state index is 0.0363. The van der Waals surface area contributed by atoms with Crippen LogP contribution in [-0.2, 0) is 6.54 Å². The maximum absolute atomic E-state index is 12.5. The molecule has 0 saturated heterocycles. The molecule has 0 unspecified atom stereocenters. The van der Waals surface area contributed by atoms with Gasteiger partial charge in [-0.05, 0) is 37.6 Å². The van der Waals surface area contributed by atoms with E-state index in [2.05, 4.69) is 13.0 Å². The Kier molecular flexibility index (Phi) is 2.56. The van der Waals surface area contributed by atoms with Crippen molar-refractivity contribution in [2.45, 2.75) is 20.4 Å². The topological polar surface area (TPSA) is 46.3 Å². The van der Waals surface area contributed by atoms with E-state index >= 15 is 0 Å². The molecule has 0 atom stereocenters. The van der Waals surface area contributed by atoms with Gasteiger partial charge in [0.05, 0.1) is 6.54 Å². The highest BCUT2D eigenvalue weighted by molar-refractivity contribution is 6.11. The summed E-state index contributed by atoms with van der Waals surface area (Å²) in [6.45, 7) is 4.64. The molecule has 0 spiro atoms. The number of amides is 1. The number of hydrogen-bond acceptors (Lipinski definition) is 2. The van der Waals surface area contributed by atoms with Crippen LogP contribution in [0.2, 0.25) is 0 Å². The van der Waals surface area contributed by atoms with Crippen LogP contribution < -0.4 is 10.6 Å². The van der Waals surface area contributed by atoms with Gasteiger partial charge in [-0.1, -0.05) is 23.8 Å². The van der Waals surface area contributed by atoms with Gasteiger partial charge >= 0.3 is 0 Å². The maximum atomic E-state index is 12.5. The van der Waals surface area contributed by atoms with Gasteiger partial charge in [0.15, 0.2) is 0 Å². The summed E-state index contributed by atoms with van der Waals surface area (Å²) in [5, 5.41) is 0. The Morgan fingerprint density at radius 1 is 1.16 bits per heavy atom. The maximum Gasteiger partial charge on any atom is 0.259 e. The SMILES string of the molecule is Cc1ccc(N2Cc3c(N)cccc3C2=O)c(C)c1. The van der Waals surface area contributed by atoms with E-state index in [0.717, 1.165) is 22.4 Å². The summed E-state index contributed by atoms with van der Waals surface area (Å²) >= 11 is 0. The minimum Gasteiger partial charge on any atom is -0.398 e. The van der Waals surface area contributed by atoms with Crippen LogP contribution >= 0.6 is 0 Å². The highest BCUT2D eigenvalue weighted by Gasteiger charge is 2.30. The van der Waals surface area contributed by atoms with Gasteiger partial charge in [-0.2, -0.15) is 0 Å². The fourth-order valence-electron chi connectivity index (χ4n) is 2.66. The van der Waals surface area contributed by atoms with Crippen molar-refractivity contribution in [3.63, 3.8) is 0 Å². The second-order valence-electron chi connectivity index (χ2n) is 5.05. The zero-order valence-electron chi connectivity index (χ0n) is 11.1. The lowest BCUT2D eigenvalue weighted by molar-refractivity contribution is 0.0996. The zero-order chi connectivity index (χ0) is 13.6. The number of rotatable bonds is 1. The van der Waals surface area contributed by atoms with E-state index in [1.807, 2.05) is 37.3 Å². The number of carbonyl (C=O) groups is 1. The van der Waals surface area contributed by atoms with Gasteiger partial charge in [-0.3, -0.25) is 4.79 Å². The van der Waals surface area contributed by atoms with Gasteiger partial charge < -0.3 is 10.6 Å². The lowest BCUT2D eigenvalue weighted by atomic mass is 10.1. The highest BCUT2D eigenvalue weighted by Crippen LogP contribution is 2.33. The van der Waals surface area contributed by atoms with Crippen LogP contribution in [0.15, 0.2) is 36.4 Å². The molecule has 1 amide bonds. The molecule has 3 rings (SSSR count). The van der Waals surface area contributed by atoms with Crippen molar-refractivity contribution in [3.05, 3.63) is 58.7 Å². The molecule has 2 aromatic rings. The first-order valence-electron chi connectivity index (χ1n) is 6.34. The van der Waals surface area contributed by atoms with Crippen molar-refractivity contribution in [2.75, 3.05) is 10.6 Å². The summed E-state index contributed by atoms with van der Waals surface area (Å²) in [6, 6.07) is 11.6. The van der Waals surface area contributed by atoms with E-state index in [4.69, 9.17) is 5.73 Å². The monoisotopic (exact) mass is 252 g/mol. The molecule has 1 aliphatic rings. The average molecular weight is 252 g/mol. The van der Waals surface area contributed by atoms with Crippen molar-refractivity contribution in [1.29, 1.82) is 0 Å². The Bertz CT molecular complexity index is 676. The predicted octanol–water partition coefficient (Wildman–Crippen LogP) is 3.05. The second-order valence-corrected chi connectivity index (χ2v) is 5.05. The van der Waals surface area contributed by atoms with Crippen LogP contribution in [-0.4, -0.2) is 5.91 Å². The van der Waals surface area contributed by atoms with Gasteiger partial charge in [0.2, 0.25) is 0 Å². The first-order chi connectivity index (χ1) is 9.08. The lowest BCUT2D eigenvalue weighted by Gasteiger charge is -2.18. The van der Waals surface area contributed by atoms with Gasteiger partial charge in [0, 0.05) is 22.5 Å². The highest BCUT2D eigenvalue weighted by atomic mass is 16.2. The molecule has 1 heterocycles. The van der Waals surface area contributed by atoms with E-state index in [1.165, 1.54) is 5.56 Å². The molecule has 2 N–H and O–H groups in total. The van der Waals surface area contributed by atoms with E-state index in [1.54, 1.807) is 4.90 Å². The number of aryl methyl sites for hydroxylation is 2. The first-order valence-corrected chi connectivity index (χ1v) is 6.34. The fraction of sp³-hybridized carbons (Fsp3) is 0.188. The number of nitrogens with zero attached hydrogens (tertiary/aromatic N) is 1. The molecule has 0 fully saturated rings. The van der Waals surface area contributed by atoms with Crippen molar-refractivity contribution in [1.82, 2.24) is 0 Å². The van der Waals surface area contributed by atoms with Crippen LogP contribution in [0.25, 0.3) is 0 Å². The van der Waals surface area contributed by atoms with Gasteiger partial charge in [-0.25, -0.2) is 0 Å². The summed E-state index contributed by atoms with van der Waals surface area (Å²) < 4.78 is 0. The molecule has 3 nitrogen and oxygen atoms in total. The van der Waals surface area contributed by atoms with Crippen molar-refractivity contribution >= 4 is 17.3 Å². The van der Waals surface area contributed by atoms with E-state index < -0.39 is 0 Å². The smallest absolute Gasteiger partial charge is 0.259 e. The molecule has 3 heteroatoms. The summed E-state index contributed by atoms with van der Waals surface area (Å²) in [7, 11) is 0. The average Bonchev–Trinajstić information content (AvgIpc) is 2.69. The van der Waals surface area contributed by atoms with Gasteiger partial charge in [0.25, 0.3) is 5.91 Å². The van der Waals surface area contributed by atoms with Gasteiger partial charge in [0.1, 0.15) is 0 Å². The molecule has 2 aromatic carbocycles.